The fourth-order valence-corrected chi connectivity index (χ4v) is 1.84. The zero-order valence-corrected chi connectivity index (χ0v) is 9.31. The lowest BCUT2D eigenvalue weighted by Crippen LogP contribution is -2.34. The second-order valence-electron chi connectivity index (χ2n) is 3.79. The molecule has 84 valence electrons. The van der Waals surface area contributed by atoms with Crippen LogP contribution in [-0.4, -0.2) is 29.9 Å². The molecule has 2 rings (SSSR count). The van der Waals surface area contributed by atoms with Crippen molar-refractivity contribution in [1.82, 2.24) is 4.90 Å². The van der Waals surface area contributed by atoms with E-state index in [2.05, 4.69) is 0 Å². The topological polar surface area (TPSA) is 47.4 Å². The first-order chi connectivity index (χ1) is 7.74. The van der Waals surface area contributed by atoms with Crippen LogP contribution >= 0.6 is 0 Å². The van der Waals surface area contributed by atoms with Gasteiger partial charge in [-0.1, -0.05) is 25.1 Å². The molecule has 0 spiro atoms. The maximum absolute atomic E-state index is 11.7. The molecule has 4 nitrogen and oxygen atoms in total. The molecule has 1 amide bonds. The smallest absolute Gasteiger partial charge is 0.249 e. The first kappa shape index (κ1) is 10.7. The average Bonchev–Trinajstić information content (AvgIpc) is 2.59. The predicted molar refractivity (Wildman–Crippen MR) is 63.5 cm³/mol. The molecule has 1 aromatic rings. The zero-order valence-electron chi connectivity index (χ0n) is 9.31. The van der Waals surface area contributed by atoms with E-state index in [4.69, 9.17) is 5.41 Å². The number of carbonyl (C=O) groups excluding carboxylic acids is 1. The Morgan fingerprint density at radius 3 is 2.62 bits per heavy atom. The van der Waals surface area contributed by atoms with Gasteiger partial charge in [-0.3, -0.25) is 15.1 Å². The van der Waals surface area contributed by atoms with Crippen molar-refractivity contribution in [3.8, 4) is 0 Å². The van der Waals surface area contributed by atoms with E-state index in [9.17, 15) is 4.79 Å². The van der Waals surface area contributed by atoms with Gasteiger partial charge in [0.15, 0.2) is 0 Å². The van der Waals surface area contributed by atoms with Crippen molar-refractivity contribution < 1.29 is 4.79 Å². The number of nitrogens with zero attached hydrogens (tertiary/aromatic N) is 2. The third kappa shape index (κ3) is 1.78. The molecule has 4 heteroatoms. The third-order valence-electron chi connectivity index (χ3n) is 2.62. The average molecular weight is 217 g/mol. The Morgan fingerprint density at radius 2 is 2.00 bits per heavy atom. The number of anilines is 1. The van der Waals surface area contributed by atoms with Gasteiger partial charge in [0.05, 0.1) is 0 Å². The van der Waals surface area contributed by atoms with E-state index in [1.807, 2.05) is 37.3 Å². The number of guanidine groups is 1. The summed E-state index contributed by atoms with van der Waals surface area (Å²) in [6.07, 6.45) is 0.872. The molecule has 0 unspecified atom stereocenters. The van der Waals surface area contributed by atoms with Crippen LogP contribution in [0.15, 0.2) is 30.3 Å². The standard InChI is InChI=1S/C12H15N3O/c1-2-8-14-11(16)9-15(12(14)13)10-6-4-3-5-7-10/h3-7,13H,2,8-9H2,1H3. The largest absolute Gasteiger partial charge is 0.303 e. The number of hydrogen-bond acceptors (Lipinski definition) is 2. The van der Waals surface area contributed by atoms with Gasteiger partial charge in [0.2, 0.25) is 11.9 Å². The third-order valence-corrected chi connectivity index (χ3v) is 2.62. The number of carbonyl (C=O) groups is 1. The monoisotopic (exact) mass is 217 g/mol. The highest BCUT2D eigenvalue weighted by atomic mass is 16.2. The summed E-state index contributed by atoms with van der Waals surface area (Å²) in [6, 6.07) is 9.58. The van der Waals surface area contributed by atoms with Gasteiger partial charge in [-0.15, -0.1) is 0 Å². The van der Waals surface area contributed by atoms with E-state index in [1.165, 1.54) is 4.90 Å². The number of benzene rings is 1. The summed E-state index contributed by atoms with van der Waals surface area (Å²) in [6.45, 7) is 2.91. The minimum atomic E-state index is 0.00991. The quantitative estimate of drug-likeness (QED) is 0.837. The van der Waals surface area contributed by atoms with Gasteiger partial charge in [-0.2, -0.15) is 0 Å². The van der Waals surface area contributed by atoms with Crippen LogP contribution in [0.3, 0.4) is 0 Å². The summed E-state index contributed by atoms with van der Waals surface area (Å²) in [5.74, 6) is 0.300. The second kappa shape index (κ2) is 4.35. The molecule has 1 N–H and O–H groups in total. The van der Waals surface area contributed by atoms with Crippen molar-refractivity contribution in [3.05, 3.63) is 30.3 Å². The predicted octanol–water partition coefficient (Wildman–Crippen LogP) is 1.68. The van der Waals surface area contributed by atoms with Gasteiger partial charge < -0.3 is 4.90 Å². The van der Waals surface area contributed by atoms with E-state index in [0.717, 1.165) is 12.1 Å². The van der Waals surface area contributed by atoms with Crippen molar-refractivity contribution in [2.75, 3.05) is 18.0 Å². The number of hydrogen-bond donors (Lipinski definition) is 1. The highest BCUT2D eigenvalue weighted by Gasteiger charge is 2.32. The highest BCUT2D eigenvalue weighted by molar-refractivity contribution is 6.13. The zero-order chi connectivity index (χ0) is 11.5. The molecule has 0 atom stereocenters. The van der Waals surface area contributed by atoms with Gasteiger partial charge in [0.1, 0.15) is 6.54 Å². The van der Waals surface area contributed by atoms with Crippen molar-refractivity contribution in [2.45, 2.75) is 13.3 Å². The van der Waals surface area contributed by atoms with Gasteiger partial charge in [0, 0.05) is 12.2 Å². The molecule has 1 aromatic carbocycles. The van der Waals surface area contributed by atoms with Crippen molar-refractivity contribution in [1.29, 1.82) is 5.41 Å². The Labute approximate surface area is 95.0 Å². The summed E-state index contributed by atoms with van der Waals surface area (Å²) in [5.41, 5.74) is 0.902. The van der Waals surface area contributed by atoms with Crippen LogP contribution in [-0.2, 0) is 4.79 Å². The minimum absolute atomic E-state index is 0.00991. The van der Waals surface area contributed by atoms with Crippen LogP contribution < -0.4 is 4.90 Å². The normalized spacial score (nSPS) is 16.1. The molecule has 16 heavy (non-hydrogen) atoms. The highest BCUT2D eigenvalue weighted by Crippen LogP contribution is 2.19. The van der Waals surface area contributed by atoms with Crippen LogP contribution in [0.4, 0.5) is 5.69 Å². The Bertz CT molecular complexity index is 402. The van der Waals surface area contributed by atoms with Crippen LogP contribution in [0.1, 0.15) is 13.3 Å². The fourth-order valence-electron chi connectivity index (χ4n) is 1.84. The first-order valence-corrected chi connectivity index (χ1v) is 5.45. The Balaban J connectivity index is 2.21. The molecule has 0 aliphatic carbocycles. The number of para-hydroxylation sites is 1. The molecule has 1 fully saturated rings. The maximum atomic E-state index is 11.7. The summed E-state index contributed by atoms with van der Waals surface area (Å²) >= 11 is 0. The van der Waals surface area contributed by atoms with Crippen molar-refractivity contribution >= 4 is 17.6 Å². The Kier molecular flexibility index (Phi) is 2.90. The minimum Gasteiger partial charge on any atom is -0.303 e. The molecular formula is C12H15N3O. The summed E-state index contributed by atoms with van der Waals surface area (Å²) in [7, 11) is 0. The van der Waals surface area contributed by atoms with E-state index in [-0.39, 0.29) is 18.4 Å². The van der Waals surface area contributed by atoms with Gasteiger partial charge in [-0.05, 0) is 18.6 Å². The summed E-state index contributed by atoms with van der Waals surface area (Å²) in [5, 5.41) is 7.97. The van der Waals surface area contributed by atoms with Crippen LogP contribution in [0.25, 0.3) is 0 Å². The summed E-state index contributed by atoms with van der Waals surface area (Å²) < 4.78 is 0. The lowest BCUT2D eigenvalue weighted by Gasteiger charge is -2.19. The second-order valence-corrected chi connectivity index (χ2v) is 3.79. The molecule has 1 saturated heterocycles. The Hall–Kier alpha value is -1.84. The van der Waals surface area contributed by atoms with Crippen molar-refractivity contribution in [3.63, 3.8) is 0 Å². The molecule has 1 aliphatic heterocycles. The number of amides is 1. The molecule has 0 aromatic heterocycles. The van der Waals surface area contributed by atoms with E-state index in [0.29, 0.717) is 6.54 Å². The molecule has 0 bridgehead atoms. The number of nitrogens with one attached hydrogen (secondary N) is 1. The van der Waals surface area contributed by atoms with E-state index < -0.39 is 0 Å². The first-order valence-electron chi connectivity index (χ1n) is 5.45. The van der Waals surface area contributed by atoms with Crippen LogP contribution in [0.5, 0.6) is 0 Å². The lowest BCUT2D eigenvalue weighted by molar-refractivity contribution is -0.124. The van der Waals surface area contributed by atoms with Crippen LogP contribution in [0, 0.1) is 5.41 Å². The van der Waals surface area contributed by atoms with E-state index >= 15 is 0 Å². The number of rotatable bonds is 3. The van der Waals surface area contributed by atoms with Crippen LogP contribution in [0.2, 0.25) is 0 Å². The SMILES string of the molecule is CCCN1C(=N)N(c2ccccc2)CC1=O. The lowest BCUT2D eigenvalue weighted by atomic mass is 10.3. The van der Waals surface area contributed by atoms with Gasteiger partial charge in [0.25, 0.3) is 0 Å². The van der Waals surface area contributed by atoms with E-state index in [1.54, 1.807) is 4.90 Å². The van der Waals surface area contributed by atoms with Crippen molar-refractivity contribution in [2.24, 2.45) is 0 Å². The molecule has 1 aliphatic rings. The summed E-state index contributed by atoms with van der Waals surface area (Å²) in [4.78, 5) is 15.0. The molecular weight excluding hydrogens is 202 g/mol. The van der Waals surface area contributed by atoms with Gasteiger partial charge in [-0.25, -0.2) is 0 Å². The maximum Gasteiger partial charge on any atom is 0.249 e. The Morgan fingerprint density at radius 1 is 1.31 bits per heavy atom. The van der Waals surface area contributed by atoms with Gasteiger partial charge >= 0.3 is 0 Å². The molecule has 1 heterocycles. The molecule has 0 radical (unpaired) electrons. The fraction of sp³-hybridized carbons (Fsp3) is 0.333. The molecule has 0 saturated carbocycles.